The number of nitrogens with one attached hydrogen (secondary N) is 3. The SMILES string of the molecule is CC(C)(C)OC(=O)NCCCC[C@H](NC(=O)OC(C)(C)C)C(=O)O.CCCCCCNCc1ccnc2ccccc12. The number of hydrogen-bond donors (Lipinski definition) is 4. The summed E-state index contributed by atoms with van der Waals surface area (Å²) in [6, 6.07) is 9.42. The van der Waals surface area contributed by atoms with Crippen LogP contribution in [0.3, 0.4) is 0 Å². The predicted molar refractivity (Wildman–Crippen MR) is 166 cm³/mol. The summed E-state index contributed by atoms with van der Waals surface area (Å²) in [6.45, 7) is 15.1. The summed E-state index contributed by atoms with van der Waals surface area (Å²) in [5, 5.41) is 18.8. The number of alkyl carbamates (subject to hydrolysis) is 2. The molecule has 0 unspecified atom stereocenters. The Balaban J connectivity index is 0.000000435. The number of ether oxygens (including phenoxy) is 2. The largest absolute Gasteiger partial charge is 0.480 e. The van der Waals surface area contributed by atoms with Crippen LogP contribution in [0.2, 0.25) is 0 Å². The molecule has 42 heavy (non-hydrogen) atoms. The second-order valence-corrected chi connectivity index (χ2v) is 12.2. The molecule has 1 aromatic carbocycles. The van der Waals surface area contributed by atoms with E-state index < -0.39 is 35.4 Å². The van der Waals surface area contributed by atoms with Gasteiger partial charge in [-0.2, -0.15) is 0 Å². The Morgan fingerprint density at radius 2 is 1.50 bits per heavy atom. The summed E-state index contributed by atoms with van der Waals surface area (Å²) in [4.78, 5) is 38.6. The highest BCUT2D eigenvalue weighted by molar-refractivity contribution is 5.81. The van der Waals surface area contributed by atoms with Crippen molar-refractivity contribution >= 4 is 29.1 Å². The molecule has 1 heterocycles. The number of aromatic nitrogens is 1. The molecule has 10 heteroatoms. The lowest BCUT2D eigenvalue weighted by Gasteiger charge is -2.22. The maximum absolute atomic E-state index is 11.6. The standard InChI is InChI=1S/C16H30N2O6.C16H22N2/c1-15(2,3)23-13(21)17-10-8-7-9-11(12(19)20)18-14(22)24-16(4,5)6;1-2-3-4-7-11-17-13-14-10-12-18-16-9-6-5-8-15(14)16/h11H,7-10H2,1-6H3,(H,17,21)(H,18,22)(H,19,20);5-6,8-10,12,17H,2-4,7,11,13H2,1H3/t11-;/m0./s1. The first-order chi connectivity index (χ1) is 19.7. The van der Waals surface area contributed by atoms with Crippen molar-refractivity contribution < 1.29 is 29.0 Å². The Hall–Kier alpha value is -3.40. The van der Waals surface area contributed by atoms with Gasteiger partial charge >= 0.3 is 18.2 Å². The Labute approximate surface area is 251 Å². The van der Waals surface area contributed by atoms with Crippen molar-refractivity contribution in [3.8, 4) is 0 Å². The van der Waals surface area contributed by atoms with Crippen molar-refractivity contribution in [1.29, 1.82) is 0 Å². The molecule has 1 atom stereocenters. The van der Waals surface area contributed by atoms with Crippen LogP contribution in [0.1, 0.15) is 99.0 Å². The van der Waals surface area contributed by atoms with E-state index >= 15 is 0 Å². The minimum Gasteiger partial charge on any atom is -0.480 e. The molecule has 1 aromatic heterocycles. The number of pyridine rings is 1. The number of carbonyl (C=O) groups excluding carboxylic acids is 2. The third-order valence-electron chi connectivity index (χ3n) is 5.84. The van der Waals surface area contributed by atoms with Gasteiger partial charge in [-0.15, -0.1) is 0 Å². The highest BCUT2D eigenvalue weighted by Gasteiger charge is 2.23. The van der Waals surface area contributed by atoms with E-state index in [4.69, 9.17) is 14.6 Å². The fourth-order valence-electron chi connectivity index (χ4n) is 3.89. The van der Waals surface area contributed by atoms with Crippen molar-refractivity contribution in [2.24, 2.45) is 0 Å². The van der Waals surface area contributed by atoms with E-state index in [1.807, 2.05) is 12.3 Å². The molecule has 2 amide bonds. The van der Waals surface area contributed by atoms with E-state index in [0.29, 0.717) is 19.4 Å². The number of para-hydroxylation sites is 1. The van der Waals surface area contributed by atoms with E-state index in [2.05, 4.69) is 52.1 Å². The number of carboxylic acids is 1. The molecule has 0 bridgehead atoms. The number of rotatable bonds is 14. The van der Waals surface area contributed by atoms with Crippen LogP contribution in [0, 0.1) is 0 Å². The maximum atomic E-state index is 11.6. The topological polar surface area (TPSA) is 139 Å². The van der Waals surface area contributed by atoms with Crippen LogP contribution in [-0.4, -0.2) is 58.6 Å². The third kappa shape index (κ3) is 17.4. The highest BCUT2D eigenvalue weighted by atomic mass is 16.6. The molecule has 0 spiro atoms. The molecule has 0 fully saturated rings. The average Bonchev–Trinajstić information content (AvgIpc) is 2.88. The minimum atomic E-state index is -1.12. The lowest BCUT2D eigenvalue weighted by Crippen LogP contribution is -2.43. The number of unbranched alkanes of at least 4 members (excludes halogenated alkanes) is 4. The smallest absolute Gasteiger partial charge is 0.408 e. The first-order valence-corrected chi connectivity index (χ1v) is 14.9. The fourth-order valence-corrected chi connectivity index (χ4v) is 3.89. The predicted octanol–water partition coefficient (Wildman–Crippen LogP) is 6.56. The third-order valence-corrected chi connectivity index (χ3v) is 5.84. The van der Waals surface area contributed by atoms with Crippen LogP contribution in [0.15, 0.2) is 36.5 Å². The van der Waals surface area contributed by atoms with Gasteiger partial charge in [-0.25, -0.2) is 14.4 Å². The maximum Gasteiger partial charge on any atom is 0.408 e. The van der Waals surface area contributed by atoms with Gasteiger partial charge in [0.25, 0.3) is 0 Å². The molecule has 0 saturated carbocycles. The molecule has 10 nitrogen and oxygen atoms in total. The number of aliphatic carboxylic acids is 1. The summed E-state index contributed by atoms with van der Waals surface area (Å²) < 4.78 is 10.1. The van der Waals surface area contributed by atoms with Gasteiger partial charge in [0.1, 0.15) is 17.2 Å². The molecule has 4 N–H and O–H groups in total. The molecule has 2 aromatic rings. The zero-order valence-electron chi connectivity index (χ0n) is 26.5. The van der Waals surface area contributed by atoms with Gasteiger partial charge in [0.15, 0.2) is 0 Å². The Kier molecular flexibility index (Phi) is 16.5. The molecule has 0 saturated heterocycles. The van der Waals surface area contributed by atoms with E-state index in [-0.39, 0.29) is 6.42 Å². The van der Waals surface area contributed by atoms with Crippen molar-refractivity contribution in [2.75, 3.05) is 13.1 Å². The van der Waals surface area contributed by atoms with Gasteiger partial charge in [0, 0.05) is 24.7 Å². The lowest BCUT2D eigenvalue weighted by molar-refractivity contribution is -0.139. The second-order valence-electron chi connectivity index (χ2n) is 12.2. The van der Waals surface area contributed by atoms with Gasteiger partial charge in [-0.1, -0.05) is 44.4 Å². The number of carbonyl (C=O) groups is 3. The van der Waals surface area contributed by atoms with Gasteiger partial charge < -0.3 is 30.5 Å². The monoisotopic (exact) mass is 588 g/mol. The van der Waals surface area contributed by atoms with Gasteiger partial charge in [-0.3, -0.25) is 4.98 Å². The van der Waals surface area contributed by atoms with Crippen molar-refractivity contribution in [3.63, 3.8) is 0 Å². The number of hydrogen-bond acceptors (Lipinski definition) is 7. The number of benzene rings is 1. The molecule has 0 aliphatic carbocycles. The zero-order chi connectivity index (χ0) is 31.6. The normalized spacial score (nSPS) is 12.1. The van der Waals surface area contributed by atoms with E-state index in [1.165, 1.54) is 36.6 Å². The Bertz CT molecular complexity index is 1090. The van der Waals surface area contributed by atoms with Gasteiger partial charge in [-0.05, 0) is 91.5 Å². The zero-order valence-corrected chi connectivity index (χ0v) is 26.5. The van der Waals surface area contributed by atoms with Crippen LogP contribution < -0.4 is 16.0 Å². The summed E-state index contributed by atoms with van der Waals surface area (Å²) in [6.07, 6.45) is 7.21. The van der Waals surface area contributed by atoms with Crippen LogP contribution >= 0.6 is 0 Å². The molecular weight excluding hydrogens is 536 g/mol. The van der Waals surface area contributed by atoms with Gasteiger partial charge in [0.2, 0.25) is 0 Å². The lowest BCUT2D eigenvalue weighted by atomic mass is 10.1. The summed E-state index contributed by atoms with van der Waals surface area (Å²) in [5.41, 5.74) is 1.18. The first kappa shape index (κ1) is 36.6. The van der Waals surface area contributed by atoms with E-state index in [9.17, 15) is 14.4 Å². The first-order valence-electron chi connectivity index (χ1n) is 14.9. The van der Waals surface area contributed by atoms with Gasteiger partial charge in [0.05, 0.1) is 5.52 Å². The molecule has 0 aliphatic rings. The molecule has 0 aliphatic heterocycles. The fraction of sp³-hybridized carbons (Fsp3) is 0.625. The van der Waals surface area contributed by atoms with E-state index in [0.717, 1.165) is 18.6 Å². The average molecular weight is 589 g/mol. The van der Waals surface area contributed by atoms with E-state index in [1.54, 1.807) is 41.5 Å². The minimum absolute atomic E-state index is 0.241. The number of amides is 2. The van der Waals surface area contributed by atoms with Crippen LogP contribution in [-0.2, 0) is 20.8 Å². The number of carboxylic acid groups (broad SMARTS) is 1. The van der Waals surface area contributed by atoms with Crippen LogP contribution in [0.4, 0.5) is 9.59 Å². The molecule has 2 rings (SSSR count). The quantitative estimate of drug-likeness (QED) is 0.182. The number of fused-ring (bicyclic) bond motifs is 1. The molecule has 236 valence electrons. The van der Waals surface area contributed by atoms with Crippen LogP contribution in [0.25, 0.3) is 10.9 Å². The van der Waals surface area contributed by atoms with Crippen molar-refractivity contribution in [3.05, 3.63) is 42.1 Å². The molecule has 0 radical (unpaired) electrons. The van der Waals surface area contributed by atoms with Crippen molar-refractivity contribution in [2.45, 2.75) is 117 Å². The second kappa shape index (κ2) is 18.9. The summed E-state index contributed by atoms with van der Waals surface area (Å²) in [5.74, 6) is -1.12. The Morgan fingerprint density at radius 3 is 2.14 bits per heavy atom. The molecular formula is C32H52N4O6. The Morgan fingerprint density at radius 1 is 0.857 bits per heavy atom. The van der Waals surface area contributed by atoms with Crippen LogP contribution in [0.5, 0.6) is 0 Å². The van der Waals surface area contributed by atoms with Crippen molar-refractivity contribution in [1.82, 2.24) is 20.9 Å². The summed E-state index contributed by atoms with van der Waals surface area (Å²) in [7, 11) is 0. The summed E-state index contributed by atoms with van der Waals surface area (Å²) >= 11 is 0. The number of nitrogens with zero attached hydrogens (tertiary/aromatic N) is 1. The highest BCUT2D eigenvalue weighted by Crippen LogP contribution is 2.16.